The molecule has 2 amide bonds. The van der Waals surface area contributed by atoms with Crippen LogP contribution in [0.5, 0.6) is 0 Å². The van der Waals surface area contributed by atoms with Crippen molar-refractivity contribution in [3.05, 3.63) is 16.9 Å². The van der Waals surface area contributed by atoms with Crippen molar-refractivity contribution in [3.63, 3.8) is 0 Å². The van der Waals surface area contributed by atoms with Crippen LogP contribution in [0.15, 0.2) is 6.20 Å². The summed E-state index contributed by atoms with van der Waals surface area (Å²) in [5.41, 5.74) is -0.806. The van der Waals surface area contributed by atoms with Gasteiger partial charge in [-0.2, -0.15) is 5.10 Å². The zero-order valence-electron chi connectivity index (χ0n) is 11.9. The van der Waals surface area contributed by atoms with Gasteiger partial charge in [0.1, 0.15) is 5.69 Å². The number of rotatable bonds is 4. The Morgan fingerprint density at radius 3 is 3.00 bits per heavy atom. The first-order valence-corrected chi connectivity index (χ1v) is 7.24. The Hall–Kier alpha value is -1.60. The van der Waals surface area contributed by atoms with Crippen LogP contribution in [0.2, 0.25) is 5.02 Å². The number of hydrogen-bond donors (Lipinski definition) is 3. The fourth-order valence-corrected chi connectivity index (χ4v) is 2.71. The molecule has 1 atom stereocenters. The van der Waals surface area contributed by atoms with Crippen molar-refractivity contribution in [2.75, 3.05) is 20.1 Å². The van der Waals surface area contributed by atoms with Crippen LogP contribution in [0.1, 0.15) is 36.2 Å². The van der Waals surface area contributed by atoms with Crippen LogP contribution in [0.3, 0.4) is 0 Å². The van der Waals surface area contributed by atoms with Gasteiger partial charge in [-0.1, -0.05) is 11.6 Å². The Bertz CT molecular complexity index is 533. The van der Waals surface area contributed by atoms with Gasteiger partial charge in [-0.3, -0.25) is 14.7 Å². The second-order valence-corrected chi connectivity index (χ2v) is 5.73. The maximum Gasteiger partial charge on any atom is 0.273 e. The molecule has 0 aromatic carbocycles. The van der Waals surface area contributed by atoms with E-state index in [1.54, 1.807) is 11.9 Å². The molecule has 2 rings (SSSR count). The second kappa shape index (κ2) is 6.44. The van der Waals surface area contributed by atoms with Crippen molar-refractivity contribution < 1.29 is 14.7 Å². The highest BCUT2D eigenvalue weighted by atomic mass is 35.5. The number of carbonyl (C=O) groups is 2. The van der Waals surface area contributed by atoms with Crippen LogP contribution in [-0.4, -0.2) is 57.8 Å². The van der Waals surface area contributed by atoms with Gasteiger partial charge in [0, 0.05) is 26.6 Å². The number of hydrogen-bond acceptors (Lipinski definition) is 4. The summed E-state index contributed by atoms with van der Waals surface area (Å²) in [6, 6.07) is 0. The lowest BCUT2D eigenvalue weighted by atomic mass is 9.88. The molecule has 3 N–H and O–H groups in total. The van der Waals surface area contributed by atoms with Crippen molar-refractivity contribution in [1.82, 2.24) is 20.4 Å². The van der Waals surface area contributed by atoms with E-state index in [0.717, 1.165) is 0 Å². The highest BCUT2D eigenvalue weighted by Crippen LogP contribution is 2.27. The molecule has 8 heteroatoms. The lowest BCUT2D eigenvalue weighted by molar-refractivity contribution is -0.122. The molecule has 1 fully saturated rings. The summed E-state index contributed by atoms with van der Waals surface area (Å²) in [6.07, 6.45) is 3.19. The zero-order valence-corrected chi connectivity index (χ0v) is 12.6. The van der Waals surface area contributed by atoms with Crippen LogP contribution in [-0.2, 0) is 4.79 Å². The number of amides is 2. The van der Waals surface area contributed by atoms with E-state index in [4.69, 9.17) is 11.6 Å². The maximum absolute atomic E-state index is 12.3. The van der Waals surface area contributed by atoms with Gasteiger partial charge in [-0.25, -0.2) is 0 Å². The van der Waals surface area contributed by atoms with E-state index >= 15 is 0 Å². The average molecular weight is 315 g/mol. The van der Waals surface area contributed by atoms with Gasteiger partial charge in [-0.15, -0.1) is 0 Å². The number of nitrogens with zero attached hydrogens (tertiary/aromatic N) is 2. The Labute approximate surface area is 127 Å². The molecular formula is C13H19ClN4O3. The summed E-state index contributed by atoms with van der Waals surface area (Å²) in [6.45, 7) is 0.745. The van der Waals surface area contributed by atoms with Crippen molar-refractivity contribution >= 4 is 23.4 Å². The van der Waals surface area contributed by atoms with Crippen LogP contribution in [0, 0.1) is 0 Å². The molecule has 0 spiro atoms. The van der Waals surface area contributed by atoms with E-state index in [-0.39, 0.29) is 35.5 Å². The summed E-state index contributed by atoms with van der Waals surface area (Å²) < 4.78 is 0. The van der Waals surface area contributed by atoms with Crippen molar-refractivity contribution in [1.29, 1.82) is 0 Å². The topological polar surface area (TPSA) is 98.3 Å². The smallest absolute Gasteiger partial charge is 0.273 e. The summed E-state index contributed by atoms with van der Waals surface area (Å²) in [7, 11) is 1.56. The quantitative estimate of drug-likeness (QED) is 0.756. The van der Waals surface area contributed by atoms with Crippen LogP contribution < -0.4 is 5.32 Å². The Morgan fingerprint density at radius 2 is 2.38 bits per heavy atom. The highest BCUT2D eigenvalue weighted by molar-refractivity contribution is 6.33. The predicted molar refractivity (Wildman–Crippen MR) is 77.0 cm³/mol. The van der Waals surface area contributed by atoms with E-state index in [1.165, 1.54) is 6.20 Å². The standard InChI is InChI=1S/C13H19ClN4O3/c1-15-10(19)3-5-13(21)4-2-6-18(8-13)12(20)11-9(14)7-16-17-11/h7,21H,2-6,8H2,1H3,(H,15,19)(H,16,17)/t13-/m1/s1. The number of aromatic amines is 1. The highest BCUT2D eigenvalue weighted by Gasteiger charge is 2.36. The molecule has 116 valence electrons. The molecule has 1 aromatic heterocycles. The molecule has 0 saturated carbocycles. The van der Waals surface area contributed by atoms with Gasteiger partial charge >= 0.3 is 0 Å². The van der Waals surface area contributed by atoms with Gasteiger partial charge in [-0.05, 0) is 19.3 Å². The molecule has 0 unspecified atom stereocenters. The normalized spacial score (nSPS) is 22.1. The summed E-state index contributed by atoms with van der Waals surface area (Å²) in [5.74, 6) is -0.404. The van der Waals surface area contributed by atoms with E-state index in [2.05, 4.69) is 15.5 Å². The third-order valence-electron chi connectivity index (χ3n) is 3.75. The molecule has 0 aliphatic carbocycles. The predicted octanol–water partition coefficient (Wildman–Crippen LogP) is 0.556. The SMILES string of the molecule is CNC(=O)CC[C@]1(O)CCCN(C(=O)c2[nH]ncc2Cl)C1. The monoisotopic (exact) mass is 314 g/mol. The van der Waals surface area contributed by atoms with Crippen molar-refractivity contribution in [3.8, 4) is 0 Å². The Kier molecular flexibility index (Phi) is 4.84. The Morgan fingerprint density at radius 1 is 1.62 bits per heavy atom. The fourth-order valence-electron chi connectivity index (χ4n) is 2.54. The lowest BCUT2D eigenvalue weighted by Crippen LogP contribution is -2.50. The maximum atomic E-state index is 12.3. The molecule has 1 saturated heterocycles. The number of aliphatic hydroxyl groups is 1. The number of nitrogens with one attached hydrogen (secondary N) is 2. The molecule has 1 aromatic rings. The first-order valence-electron chi connectivity index (χ1n) is 6.86. The molecule has 0 radical (unpaired) electrons. The number of aromatic nitrogens is 2. The molecule has 1 aliphatic rings. The van der Waals surface area contributed by atoms with E-state index in [1.807, 2.05) is 0 Å². The third-order valence-corrected chi connectivity index (χ3v) is 4.03. The first-order chi connectivity index (χ1) is 9.95. The molecule has 7 nitrogen and oxygen atoms in total. The molecular weight excluding hydrogens is 296 g/mol. The minimum Gasteiger partial charge on any atom is -0.388 e. The molecule has 21 heavy (non-hydrogen) atoms. The van der Waals surface area contributed by atoms with Gasteiger partial charge in [0.05, 0.1) is 16.8 Å². The van der Waals surface area contributed by atoms with E-state index in [0.29, 0.717) is 25.8 Å². The van der Waals surface area contributed by atoms with Gasteiger partial charge in [0.2, 0.25) is 5.91 Å². The summed E-state index contributed by atoms with van der Waals surface area (Å²) >= 11 is 5.89. The number of H-pyrrole nitrogens is 1. The first kappa shape index (κ1) is 15.8. The molecule has 2 heterocycles. The fraction of sp³-hybridized carbons (Fsp3) is 0.615. The number of β-amino-alcohol motifs (C(OH)–C–C–N with tert-alkyl or cyclic N) is 1. The summed E-state index contributed by atoms with van der Waals surface area (Å²) in [5, 5.41) is 19.7. The minimum absolute atomic E-state index is 0.122. The van der Waals surface area contributed by atoms with E-state index < -0.39 is 5.60 Å². The molecule has 1 aliphatic heterocycles. The number of halogens is 1. The minimum atomic E-state index is -1.03. The van der Waals surface area contributed by atoms with Crippen LogP contribution >= 0.6 is 11.6 Å². The van der Waals surface area contributed by atoms with Gasteiger partial charge in [0.15, 0.2) is 0 Å². The zero-order chi connectivity index (χ0) is 15.5. The Balaban J connectivity index is 2.01. The average Bonchev–Trinajstić information content (AvgIpc) is 2.90. The molecule has 0 bridgehead atoms. The second-order valence-electron chi connectivity index (χ2n) is 5.32. The van der Waals surface area contributed by atoms with Gasteiger partial charge < -0.3 is 15.3 Å². The van der Waals surface area contributed by atoms with Crippen LogP contribution in [0.4, 0.5) is 0 Å². The third kappa shape index (κ3) is 3.74. The number of piperidine rings is 1. The number of carbonyl (C=O) groups excluding carboxylic acids is 2. The van der Waals surface area contributed by atoms with Crippen molar-refractivity contribution in [2.24, 2.45) is 0 Å². The lowest BCUT2D eigenvalue weighted by Gasteiger charge is -2.39. The van der Waals surface area contributed by atoms with Crippen molar-refractivity contribution in [2.45, 2.75) is 31.3 Å². The van der Waals surface area contributed by atoms with Gasteiger partial charge in [0.25, 0.3) is 5.91 Å². The largest absolute Gasteiger partial charge is 0.388 e. The summed E-state index contributed by atoms with van der Waals surface area (Å²) in [4.78, 5) is 25.2. The van der Waals surface area contributed by atoms with Crippen LogP contribution in [0.25, 0.3) is 0 Å². The van der Waals surface area contributed by atoms with E-state index in [9.17, 15) is 14.7 Å². The number of likely N-dealkylation sites (tertiary alicyclic amines) is 1.